The van der Waals surface area contributed by atoms with Crippen molar-refractivity contribution in [3.05, 3.63) is 58.7 Å². The third-order valence-corrected chi connectivity index (χ3v) is 7.24. The van der Waals surface area contributed by atoms with Gasteiger partial charge >= 0.3 is 0 Å². The summed E-state index contributed by atoms with van der Waals surface area (Å²) in [6.45, 7) is 16.6. The highest BCUT2D eigenvalue weighted by Crippen LogP contribution is 2.50. The Bertz CT molecular complexity index is 812. The molecule has 3 heteroatoms. The van der Waals surface area contributed by atoms with Crippen LogP contribution in [0, 0.1) is 6.92 Å². The molecule has 0 heterocycles. The van der Waals surface area contributed by atoms with E-state index in [1.54, 1.807) is 0 Å². The molecule has 2 atom stereocenters. The number of phenolic OH excluding ortho intramolecular Hbond substituents is 1. The molecule has 2 unspecified atom stereocenters. The van der Waals surface area contributed by atoms with Crippen LogP contribution < -0.4 is 5.30 Å². The minimum absolute atomic E-state index is 0.117. The lowest BCUT2D eigenvalue weighted by Gasteiger charge is -2.34. The molecule has 2 aromatic rings. The topological polar surface area (TPSA) is 40.5 Å². The SMILES string of the molecule is CCC(C)(Pc1ccccc1C(C)(C)O)c1cc(C)cc(C(C)(C)C)c1O. The average Bonchev–Trinajstić information content (AvgIpc) is 2.55. The summed E-state index contributed by atoms with van der Waals surface area (Å²) >= 11 is 0. The highest BCUT2D eigenvalue weighted by Gasteiger charge is 2.33. The van der Waals surface area contributed by atoms with Gasteiger partial charge in [0.15, 0.2) is 0 Å². The van der Waals surface area contributed by atoms with Crippen LogP contribution >= 0.6 is 8.58 Å². The van der Waals surface area contributed by atoms with Crippen LogP contribution in [0.4, 0.5) is 0 Å². The molecule has 0 bridgehead atoms. The van der Waals surface area contributed by atoms with Crippen molar-refractivity contribution in [3.8, 4) is 5.75 Å². The van der Waals surface area contributed by atoms with E-state index in [0.717, 1.165) is 28.4 Å². The molecule has 27 heavy (non-hydrogen) atoms. The Hall–Kier alpha value is -1.37. The van der Waals surface area contributed by atoms with Crippen LogP contribution in [-0.2, 0) is 16.2 Å². The van der Waals surface area contributed by atoms with Crippen molar-refractivity contribution in [2.45, 2.75) is 78.0 Å². The zero-order valence-electron chi connectivity index (χ0n) is 18.1. The van der Waals surface area contributed by atoms with Gasteiger partial charge in [-0.3, -0.25) is 0 Å². The molecule has 0 saturated heterocycles. The van der Waals surface area contributed by atoms with Gasteiger partial charge in [-0.1, -0.05) is 85.2 Å². The smallest absolute Gasteiger partial charge is 0.123 e. The molecule has 0 aliphatic heterocycles. The van der Waals surface area contributed by atoms with Crippen molar-refractivity contribution >= 4 is 13.9 Å². The van der Waals surface area contributed by atoms with Crippen LogP contribution in [-0.4, -0.2) is 10.2 Å². The van der Waals surface area contributed by atoms with Crippen molar-refractivity contribution < 1.29 is 10.2 Å². The Morgan fingerprint density at radius 3 is 1.96 bits per heavy atom. The van der Waals surface area contributed by atoms with E-state index in [1.807, 2.05) is 32.0 Å². The van der Waals surface area contributed by atoms with Gasteiger partial charge in [0, 0.05) is 10.7 Å². The second kappa shape index (κ2) is 7.57. The van der Waals surface area contributed by atoms with E-state index in [0.29, 0.717) is 14.3 Å². The first-order valence-corrected chi connectivity index (χ1v) is 10.7. The number of hydrogen-bond donors (Lipinski definition) is 2. The summed E-state index contributed by atoms with van der Waals surface area (Å²) < 4.78 is 0. The van der Waals surface area contributed by atoms with E-state index in [2.05, 4.69) is 59.7 Å². The van der Waals surface area contributed by atoms with Crippen LogP contribution in [0.2, 0.25) is 0 Å². The number of aliphatic hydroxyl groups is 1. The van der Waals surface area contributed by atoms with E-state index in [4.69, 9.17) is 0 Å². The number of hydrogen-bond acceptors (Lipinski definition) is 2. The number of phenols is 1. The van der Waals surface area contributed by atoms with Gasteiger partial charge in [0.25, 0.3) is 0 Å². The molecule has 2 nitrogen and oxygen atoms in total. The van der Waals surface area contributed by atoms with Crippen molar-refractivity contribution in [1.82, 2.24) is 0 Å². The molecular weight excluding hydrogens is 351 g/mol. The van der Waals surface area contributed by atoms with Crippen molar-refractivity contribution in [2.24, 2.45) is 0 Å². The maximum Gasteiger partial charge on any atom is 0.123 e. The van der Waals surface area contributed by atoms with Crippen molar-refractivity contribution in [3.63, 3.8) is 0 Å². The lowest BCUT2D eigenvalue weighted by Crippen LogP contribution is -2.27. The Balaban J connectivity index is 2.62. The summed E-state index contributed by atoms with van der Waals surface area (Å²) in [5.74, 6) is 0.422. The van der Waals surface area contributed by atoms with E-state index in [-0.39, 0.29) is 10.6 Å². The molecule has 0 amide bonds. The molecule has 0 spiro atoms. The normalized spacial score (nSPS) is 15.3. The summed E-state index contributed by atoms with van der Waals surface area (Å²) in [6, 6.07) is 12.4. The van der Waals surface area contributed by atoms with Crippen LogP contribution in [0.3, 0.4) is 0 Å². The molecule has 0 aliphatic rings. The maximum absolute atomic E-state index is 11.2. The van der Waals surface area contributed by atoms with Crippen LogP contribution in [0.1, 0.15) is 77.1 Å². The van der Waals surface area contributed by atoms with Crippen molar-refractivity contribution in [2.75, 3.05) is 0 Å². The van der Waals surface area contributed by atoms with Gasteiger partial charge in [0.2, 0.25) is 0 Å². The predicted molar refractivity (Wildman–Crippen MR) is 119 cm³/mol. The third-order valence-electron chi connectivity index (χ3n) is 5.36. The minimum Gasteiger partial charge on any atom is -0.507 e. The van der Waals surface area contributed by atoms with Gasteiger partial charge < -0.3 is 10.2 Å². The molecule has 2 N–H and O–H groups in total. The fraction of sp³-hybridized carbons (Fsp3) is 0.500. The van der Waals surface area contributed by atoms with E-state index < -0.39 is 5.60 Å². The van der Waals surface area contributed by atoms with Crippen LogP contribution in [0.5, 0.6) is 5.75 Å². The first kappa shape index (κ1) is 21.9. The molecule has 2 aromatic carbocycles. The lowest BCUT2D eigenvalue weighted by molar-refractivity contribution is 0.0797. The first-order valence-electron chi connectivity index (χ1n) is 9.74. The van der Waals surface area contributed by atoms with Gasteiger partial charge in [-0.15, -0.1) is 0 Å². The second-order valence-corrected chi connectivity index (χ2v) is 11.3. The van der Waals surface area contributed by atoms with Gasteiger partial charge in [0.1, 0.15) is 5.75 Å². The Kier molecular flexibility index (Phi) is 6.15. The fourth-order valence-corrected chi connectivity index (χ4v) is 5.34. The van der Waals surface area contributed by atoms with E-state index in [1.165, 1.54) is 5.56 Å². The average molecular weight is 387 g/mol. The molecule has 0 fully saturated rings. The Labute approximate surface area is 166 Å². The largest absolute Gasteiger partial charge is 0.507 e. The second-order valence-electron chi connectivity index (χ2n) is 9.37. The zero-order chi connectivity index (χ0) is 20.6. The number of benzene rings is 2. The van der Waals surface area contributed by atoms with Gasteiger partial charge in [-0.2, -0.15) is 0 Å². The fourth-order valence-electron chi connectivity index (χ4n) is 3.54. The van der Waals surface area contributed by atoms with Crippen LogP contribution in [0.15, 0.2) is 36.4 Å². The highest BCUT2D eigenvalue weighted by atomic mass is 31.1. The van der Waals surface area contributed by atoms with Gasteiger partial charge in [0.05, 0.1) is 5.60 Å². The molecular formula is C24H35O2P. The molecule has 0 radical (unpaired) electrons. The third kappa shape index (κ3) is 4.73. The van der Waals surface area contributed by atoms with Gasteiger partial charge in [-0.05, 0) is 49.0 Å². The Morgan fingerprint density at radius 1 is 0.889 bits per heavy atom. The van der Waals surface area contributed by atoms with Gasteiger partial charge in [-0.25, -0.2) is 0 Å². The summed E-state index contributed by atoms with van der Waals surface area (Å²) in [4.78, 5) is 0. The zero-order valence-corrected chi connectivity index (χ0v) is 19.1. The van der Waals surface area contributed by atoms with Crippen LogP contribution in [0.25, 0.3) is 0 Å². The molecule has 2 rings (SSSR count). The van der Waals surface area contributed by atoms with Crippen molar-refractivity contribution in [1.29, 1.82) is 0 Å². The standard InChI is InChI=1S/C24H35O2P/c1-9-24(8,27-20-13-11-10-12-17(20)23(6,7)26)19-15-16(2)14-18(21(19)25)22(3,4)5/h10-15,25-27H,9H2,1-8H3. The van der Waals surface area contributed by atoms with E-state index in [9.17, 15) is 10.2 Å². The number of aromatic hydroxyl groups is 1. The highest BCUT2D eigenvalue weighted by molar-refractivity contribution is 7.48. The monoisotopic (exact) mass is 386 g/mol. The summed E-state index contributed by atoms with van der Waals surface area (Å²) in [6.07, 6.45) is 0.909. The first-order chi connectivity index (χ1) is 12.3. The number of rotatable bonds is 5. The summed E-state index contributed by atoms with van der Waals surface area (Å²) in [5.41, 5.74) is 3.15. The Morgan fingerprint density at radius 2 is 1.44 bits per heavy atom. The number of aryl methyl sites for hydroxylation is 1. The summed E-state index contributed by atoms with van der Waals surface area (Å²) in [5, 5.41) is 22.8. The molecule has 148 valence electrons. The predicted octanol–water partition coefficient (Wildman–Crippen LogP) is 5.85. The maximum atomic E-state index is 11.2. The molecule has 0 saturated carbocycles. The lowest BCUT2D eigenvalue weighted by atomic mass is 9.82. The minimum atomic E-state index is -0.885. The quantitative estimate of drug-likeness (QED) is 0.632. The molecule has 0 aromatic heterocycles. The van der Waals surface area contributed by atoms with E-state index >= 15 is 0 Å². The summed E-state index contributed by atoms with van der Waals surface area (Å²) in [7, 11) is 0.451. The molecule has 0 aliphatic carbocycles.